The minimum Gasteiger partial charge on any atom is -0.396 e. The van der Waals surface area contributed by atoms with Crippen molar-refractivity contribution in [3.05, 3.63) is 12.7 Å². The number of nitrogen functional groups attached to an aromatic ring is 1. The summed E-state index contributed by atoms with van der Waals surface area (Å²) in [7, 11) is 0. The molecule has 0 fully saturated rings. The number of imidazole rings is 1. The van der Waals surface area contributed by atoms with Gasteiger partial charge in [0.15, 0.2) is 11.5 Å². The molecule has 19 heavy (non-hydrogen) atoms. The highest BCUT2D eigenvalue weighted by atomic mass is 16.3. The van der Waals surface area contributed by atoms with Crippen molar-refractivity contribution in [2.24, 2.45) is 5.92 Å². The lowest BCUT2D eigenvalue weighted by atomic mass is 10.0. The van der Waals surface area contributed by atoms with E-state index in [1.807, 2.05) is 0 Å². The van der Waals surface area contributed by atoms with Crippen LogP contribution in [0.2, 0.25) is 0 Å². The lowest BCUT2D eigenvalue weighted by Crippen LogP contribution is -2.28. The molecular weight excluding hydrogens is 250 g/mol. The van der Waals surface area contributed by atoms with Gasteiger partial charge in [0.2, 0.25) is 0 Å². The molecule has 0 aliphatic rings. The number of fused-ring (bicyclic) bond motifs is 1. The Morgan fingerprint density at radius 1 is 1.21 bits per heavy atom. The number of aryl methyl sites for hydroxylation is 1. The van der Waals surface area contributed by atoms with E-state index in [9.17, 15) is 10.2 Å². The van der Waals surface area contributed by atoms with Crippen LogP contribution in [0.3, 0.4) is 0 Å². The minimum absolute atomic E-state index is 0.189. The van der Waals surface area contributed by atoms with E-state index in [0.29, 0.717) is 29.9 Å². The molecule has 1 unspecified atom stereocenters. The van der Waals surface area contributed by atoms with Gasteiger partial charge in [0.1, 0.15) is 11.8 Å². The van der Waals surface area contributed by atoms with Gasteiger partial charge in [-0.25, -0.2) is 15.0 Å². The van der Waals surface area contributed by atoms with Crippen LogP contribution < -0.4 is 5.73 Å². The quantitative estimate of drug-likeness (QED) is 0.515. The maximum atomic E-state index is 9.52. The second kappa shape index (κ2) is 5.91. The van der Waals surface area contributed by atoms with Crippen molar-refractivity contribution in [2.45, 2.75) is 19.1 Å². The third-order valence-corrected chi connectivity index (χ3v) is 3.14. The molecule has 0 aliphatic heterocycles. The number of nitrogens with two attached hydrogens (primary N) is 1. The molecule has 5 N–H and O–H groups in total. The lowest BCUT2D eigenvalue weighted by molar-refractivity contribution is 0.0176. The molecule has 8 nitrogen and oxygen atoms in total. The molecule has 2 rings (SSSR count). The fourth-order valence-electron chi connectivity index (χ4n) is 1.92. The second-order valence-corrected chi connectivity index (χ2v) is 4.35. The molecule has 0 radical (unpaired) electrons. The van der Waals surface area contributed by atoms with Crippen LogP contribution in [-0.2, 0) is 6.54 Å². The maximum absolute atomic E-state index is 9.52. The monoisotopic (exact) mass is 267 g/mol. The highest BCUT2D eigenvalue weighted by Gasteiger charge is 2.18. The number of rotatable bonds is 6. The van der Waals surface area contributed by atoms with Crippen LogP contribution in [0.1, 0.15) is 6.42 Å². The fourth-order valence-corrected chi connectivity index (χ4v) is 1.92. The number of aliphatic hydroxyl groups is 3. The van der Waals surface area contributed by atoms with Crippen LogP contribution in [0, 0.1) is 5.92 Å². The van der Waals surface area contributed by atoms with Gasteiger partial charge in [0, 0.05) is 19.1 Å². The van der Waals surface area contributed by atoms with Crippen molar-refractivity contribution in [2.75, 3.05) is 18.9 Å². The fraction of sp³-hybridized carbons (Fsp3) is 0.545. The summed E-state index contributed by atoms with van der Waals surface area (Å²) in [4.78, 5) is 12.1. The predicted octanol–water partition coefficient (Wildman–Crippen LogP) is -1.24. The summed E-state index contributed by atoms with van der Waals surface area (Å²) in [5.41, 5.74) is 6.83. The van der Waals surface area contributed by atoms with E-state index < -0.39 is 6.10 Å². The molecule has 0 spiro atoms. The molecule has 0 amide bonds. The number of aliphatic hydroxyl groups excluding tert-OH is 3. The van der Waals surface area contributed by atoms with Gasteiger partial charge in [0.25, 0.3) is 0 Å². The van der Waals surface area contributed by atoms with E-state index >= 15 is 0 Å². The first-order valence-corrected chi connectivity index (χ1v) is 5.98. The van der Waals surface area contributed by atoms with Crippen molar-refractivity contribution < 1.29 is 15.3 Å². The van der Waals surface area contributed by atoms with Crippen LogP contribution in [0.5, 0.6) is 0 Å². The Hall–Kier alpha value is -1.77. The summed E-state index contributed by atoms with van der Waals surface area (Å²) in [6, 6.07) is 0. The first-order chi connectivity index (χ1) is 9.17. The zero-order valence-electron chi connectivity index (χ0n) is 10.3. The van der Waals surface area contributed by atoms with Gasteiger partial charge in [-0.2, -0.15) is 0 Å². The van der Waals surface area contributed by atoms with Gasteiger partial charge in [-0.3, -0.25) is 0 Å². The molecular formula is C11H17N5O3. The average molecular weight is 267 g/mol. The summed E-state index contributed by atoms with van der Waals surface area (Å²) in [6.07, 6.45) is 2.52. The lowest BCUT2D eigenvalue weighted by Gasteiger charge is -2.18. The SMILES string of the molecule is Nc1ncnc2c1ncn2CC[C@H](CO)C(O)CO. The Kier molecular flexibility index (Phi) is 4.25. The zero-order chi connectivity index (χ0) is 13.8. The van der Waals surface area contributed by atoms with Gasteiger partial charge in [-0.1, -0.05) is 0 Å². The minimum atomic E-state index is -0.931. The van der Waals surface area contributed by atoms with E-state index in [2.05, 4.69) is 15.0 Å². The number of hydrogen-bond donors (Lipinski definition) is 4. The Labute approximate surface area is 109 Å². The molecule has 2 atom stereocenters. The summed E-state index contributed by atoms with van der Waals surface area (Å²) < 4.78 is 1.78. The van der Waals surface area contributed by atoms with Crippen molar-refractivity contribution in [1.29, 1.82) is 0 Å². The van der Waals surface area contributed by atoms with Crippen molar-refractivity contribution in [1.82, 2.24) is 19.5 Å². The predicted molar refractivity (Wildman–Crippen MR) is 68.0 cm³/mol. The highest BCUT2D eigenvalue weighted by Crippen LogP contribution is 2.16. The van der Waals surface area contributed by atoms with Gasteiger partial charge >= 0.3 is 0 Å². The zero-order valence-corrected chi connectivity index (χ0v) is 10.3. The topological polar surface area (TPSA) is 130 Å². The second-order valence-electron chi connectivity index (χ2n) is 4.35. The van der Waals surface area contributed by atoms with Crippen molar-refractivity contribution >= 4 is 17.0 Å². The summed E-state index contributed by atoms with van der Waals surface area (Å²) in [5, 5.41) is 27.6. The smallest absolute Gasteiger partial charge is 0.165 e. The van der Waals surface area contributed by atoms with E-state index in [0.717, 1.165) is 0 Å². The van der Waals surface area contributed by atoms with Gasteiger partial charge in [0.05, 0.1) is 19.0 Å². The normalized spacial score (nSPS) is 14.7. The molecule has 0 bridgehead atoms. The van der Waals surface area contributed by atoms with E-state index in [-0.39, 0.29) is 19.1 Å². The van der Waals surface area contributed by atoms with Crippen LogP contribution >= 0.6 is 0 Å². The highest BCUT2D eigenvalue weighted by molar-refractivity contribution is 5.80. The largest absolute Gasteiger partial charge is 0.396 e. The van der Waals surface area contributed by atoms with Crippen LogP contribution in [0.4, 0.5) is 5.82 Å². The number of hydrogen-bond acceptors (Lipinski definition) is 7. The Bertz CT molecular complexity index is 544. The average Bonchev–Trinajstić information content (AvgIpc) is 2.84. The third kappa shape index (κ3) is 2.80. The van der Waals surface area contributed by atoms with Crippen molar-refractivity contribution in [3.63, 3.8) is 0 Å². The summed E-state index contributed by atoms with van der Waals surface area (Å²) in [5.74, 6) is -0.0699. The van der Waals surface area contributed by atoms with Crippen molar-refractivity contribution in [3.8, 4) is 0 Å². The Morgan fingerprint density at radius 3 is 2.68 bits per heavy atom. The first kappa shape index (κ1) is 13.7. The van der Waals surface area contributed by atoms with Crippen LogP contribution in [-0.4, -0.2) is 54.2 Å². The van der Waals surface area contributed by atoms with E-state index in [1.165, 1.54) is 6.33 Å². The Morgan fingerprint density at radius 2 is 2.00 bits per heavy atom. The first-order valence-electron chi connectivity index (χ1n) is 5.98. The summed E-state index contributed by atoms with van der Waals surface area (Å²) in [6.45, 7) is -0.0499. The van der Waals surface area contributed by atoms with E-state index in [1.54, 1.807) is 10.9 Å². The number of nitrogens with zero attached hydrogens (tertiary/aromatic N) is 4. The van der Waals surface area contributed by atoms with E-state index in [4.69, 9.17) is 10.8 Å². The molecule has 2 aromatic rings. The molecule has 8 heteroatoms. The van der Waals surface area contributed by atoms with Crippen LogP contribution in [0.15, 0.2) is 12.7 Å². The summed E-state index contributed by atoms with van der Waals surface area (Å²) >= 11 is 0. The molecule has 0 saturated heterocycles. The molecule has 2 heterocycles. The maximum Gasteiger partial charge on any atom is 0.165 e. The molecule has 0 aromatic carbocycles. The number of aromatic nitrogens is 4. The van der Waals surface area contributed by atoms with Crippen LogP contribution in [0.25, 0.3) is 11.2 Å². The Balaban J connectivity index is 2.11. The molecule has 2 aromatic heterocycles. The molecule has 104 valence electrons. The third-order valence-electron chi connectivity index (χ3n) is 3.14. The van der Waals surface area contributed by atoms with Gasteiger partial charge in [-0.15, -0.1) is 0 Å². The standard InChI is InChI=1S/C11H17N5O3/c12-10-9-11(14-5-13-10)16(6-15-9)2-1-7(3-17)8(19)4-18/h5-8,17-19H,1-4H2,(H2,12,13,14)/t7-,8?/m1/s1. The van der Waals surface area contributed by atoms with Gasteiger partial charge in [-0.05, 0) is 6.42 Å². The number of anilines is 1. The molecule has 0 aliphatic carbocycles. The van der Waals surface area contributed by atoms with Gasteiger partial charge < -0.3 is 25.6 Å². The molecule has 0 saturated carbocycles.